The first-order valence-electron chi connectivity index (χ1n) is 6.79. The van der Waals surface area contributed by atoms with E-state index in [-0.39, 0.29) is 6.42 Å². The zero-order chi connectivity index (χ0) is 14.4. The summed E-state index contributed by atoms with van der Waals surface area (Å²) in [5.74, 6) is -0.250. The molecule has 20 heavy (non-hydrogen) atoms. The Balaban J connectivity index is 2.00. The minimum atomic E-state index is -0.806. The Bertz CT molecular complexity index is 514. The van der Waals surface area contributed by atoms with Gasteiger partial charge in [0.1, 0.15) is 0 Å². The Morgan fingerprint density at radius 2 is 2.35 bits per heavy atom. The minimum Gasteiger partial charge on any atom is -0.481 e. The maximum absolute atomic E-state index is 10.4. The van der Waals surface area contributed by atoms with Crippen LogP contribution in [0.25, 0.3) is 0 Å². The number of nitrogens with zero attached hydrogens (tertiary/aromatic N) is 2. The molecule has 0 saturated carbocycles. The molecule has 0 spiro atoms. The molecular weight excluding hydrogens is 258 g/mol. The van der Waals surface area contributed by atoms with Gasteiger partial charge in [0.25, 0.3) is 0 Å². The summed E-state index contributed by atoms with van der Waals surface area (Å²) in [5, 5.41) is 12.8. The van der Waals surface area contributed by atoms with Crippen molar-refractivity contribution in [1.82, 2.24) is 10.4 Å². The second-order valence-electron chi connectivity index (χ2n) is 4.63. The lowest BCUT2D eigenvalue weighted by atomic mass is 9.94. The SMILES string of the molecule is CN/N=C1\CCCc2nc(OCCCC(=O)O)ccc21. The lowest BCUT2D eigenvalue weighted by molar-refractivity contribution is -0.137. The standard InChI is InChI=1S/C14H19N3O3/c1-15-17-12-5-2-4-11-10(12)7-8-13(16-11)20-9-3-6-14(18)19/h7-8,15H,2-6,9H2,1H3,(H,18,19)/b17-12+. The molecule has 1 aliphatic rings. The van der Waals surface area contributed by atoms with Crippen molar-refractivity contribution in [2.75, 3.05) is 13.7 Å². The van der Waals surface area contributed by atoms with Crippen molar-refractivity contribution >= 4 is 11.7 Å². The molecule has 0 aliphatic heterocycles. The van der Waals surface area contributed by atoms with E-state index in [4.69, 9.17) is 9.84 Å². The highest BCUT2D eigenvalue weighted by atomic mass is 16.5. The van der Waals surface area contributed by atoms with Crippen LogP contribution in [0.4, 0.5) is 0 Å². The largest absolute Gasteiger partial charge is 0.481 e. The number of hydrogen-bond acceptors (Lipinski definition) is 5. The summed E-state index contributed by atoms with van der Waals surface area (Å²) in [5.41, 5.74) is 5.92. The number of carboxylic acid groups (broad SMARTS) is 1. The Hall–Kier alpha value is -2.11. The minimum absolute atomic E-state index is 0.115. The van der Waals surface area contributed by atoms with E-state index in [1.165, 1.54) is 0 Å². The zero-order valence-electron chi connectivity index (χ0n) is 11.6. The quantitative estimate of drug-likeness (QED) is 0.609. The summed E-state index contributed by atoms with van der Waals surface area (Å²) in [7, 11) is 1.79. The number of aliphatic carboxylic acids is 1. The molecule has 6 nitrogen and oxygen atoms in total. The van der Waals surface area contributed by atoms with Crippen molar-refractivity contribution in [1.29, 1.82) is 0 Å². The fourth-order valence-corrected chi connectivity index (χ4v) is 2.22. The number of hydrazone groups is 1. The van der Waals surface area contributed by atoms with Crippen molar-refractivity contribution < 1.29 is 14.6 Å². The molecule has 6 heteroatoms. The van der Waals surface area contributed by atoms with Crippen LogP contribution in [0.1, 0.15) is 36.9 Å². The van der Waals surface area contributed by atoms with Gasteiger partial charge >= 0.3 is 5.97 Å². The predicted octanol–water partition coefficient (Wildman–Crippen LogP) is 1.58. The average Bonchev–Trinajstić information content (AvgIpc) is 2.44. The molecule has 2 N–H and O–H groups in total. The Labute approximate surface area is 117 Å². The summed E-state index contributed by atoms with van der Waals surface area (Å²) in [6.45, 7) is 0.371. The van der Waals surface area contributed by atoms with Gasteiger partial charge in [0.05, 0.1) is 18.0 Å². The third-order valence-electron chi connectivity index (χ3n) is 3.12. The molecule has 0 atom stereocenters. The molecule has 1 aromatic rings. The summed E-state index contributed by atoms with van der Waals surface area (Å²) in [6, 6.07) is 3.79. The maximum Gasteiger partial charge on any atom is 0.303 e. The second kappa shape index (κ2) is 6.88. The summed E-state index contributed by atoms with van der Waals surface area (Å²) in [6.07, 6.45) is 3.51. The molecule has 108 valence electrons. The number of aromatic nitrogens is 1. The van der Waals surface area contributed by atoms with E-state index in [0.717, 1.165) is 36.2 Å². The van der Waals surface area contributed by atoms with Crippen molar-refractivity contribution in [2.24, 2.45) is 5.10 Å². The first-order valence-corrected chi connectivity index (χ1v) is 6.79. The molecule has 1 aromatic heterocycles. The number of fused-ring (bicyclic) bond motifs is 1. The number of aryl methyl sites for hydroxylation is 1. The van der Waals surface area contributed by atoms with E-state index in [1.54, 1.807) is 7.05 Å². The van der Waals surface area contributed by atoms with Gasteiger partial charge < -0.3 is 15.3 Å². The first kappa shape index (κ1) is 14.3. The van der Waals surface area contributed by atoms with Gasteiger partial charge in [-0.15, -0.1) is 0 Å². The third kappa shape index (κ3) is 3.69. The van der Waals surface area contributed by atoms with Crippen molar-refractivity contribution in [2.45, 2.75) is 32.1 Å². The van der Waals surface area contributed by atoms with Gasteiger partial charge in [0, 0.05) is 25.1 Å². The number of carboxylic acids is 1. The van der Waals surface area contributed by atoms with Gasteiger partial charge in [-0.25, -0.2) is 4.98 Å². The van der Waals surface area contributed by atoms with E-state index in [1.807, 2.05) is 12.1 Å². The number of carbonyl (C=O) groups is 1. The van der Waals surface area contributed by atoms with Crippen LogP contribution < -0.4 is 10.2 Å². The highest BCUT2D eigenvalue weighted by Gasteiger charge is 2.17. The molecular formula is C14H19N3O3. The molecule has 0 saturated heterocycles. The normalized spacial score (nSPS) is 15.8. The highest BCUT2D eigenvalue weighted by Crippen LogP contribution is 2.22. The number of hydrogen-bond donors (Lipinski definition) is 2. The van der Waals surface area contributed by atoms with Gasteiger partial charge in [0.15, 0.2) is 0 Å². The van der Waals surface area contributed by atoms with E-state index in [2.05, 4.69) is 15.5 Å². The molecule has 0 unspecified atom stereocenters. The molecule has 2 rings (SSSR count). The summed E-state index contributed by atoms with van der Waals surface area (Å²) in [4.78, 5) is 14.9. The molecule has 0 bridgehead atoms. The fourth-order valence-electron chi connectivity index (χ4n) is 2.22. The lowest BCUT2D eigenvalue weighted by Crippen LogP contribution is -2.16. The molecule has 0 aromatic carbocycles. The van der Waals surface area contributed by atoms with E-state index in [0.29, 0.717) is 18.9 Å². The Morgan fingerprint density at radius 1 is 1.50 bits per heavy atom. The van der Waals surface area contributed by atoms with Gasteiger partial charge in [-0.3, -0.25) is 4.79 Å². The van der Waals surface area contributed by atoms with Crippen LogP contribution in [0.5, 0.6) is 5.88 Å². The van der Waals surface area contributed by atoms with Crippen LogP contribution in [-0.2, 0) is 11.2 Å². The number of ether oxygens (including phenoxy) is 1. The van der Waals surface area contributed by atoms with Crippen LogP contribution in [0, 0.1) is 0 Å². The van der Waals surface area contributed by atoms with Gasteiger partial charge in [0.2, 0.25) is 5.88 Å². The number of rotatable bonds is 6. The smallest absolute Gasteiger partial charge is 0.303 e. The van der Waals surface area contributed by atoms with E-state index < -0.39 is 5.97 Å². The van der Waals surface area contributed by atoms with Gasteiger partial charge in [-0.1, -0.05) is 0 Å². The average molecular weight is 277 g/mol. The topological polar surface area (TPSA) is 83.8 Å². The van der Waals surface area contributed by atoms with Crippen LogP contribution in [0.2, 0.25) is 0 Å². The van der Waals surface area contributed by atoms with Crippen molar-refractivity contribution in [3.8, 4) is 5.88 Å². The maximum atomic E-state index is 10.4. The second-order valence-corrected chi connectivity index (χ2v) is 4.63. The molecule has 0 radical (unpaired) electrons. The number of pyridine rings is 1. The van der Waals surface area contributed by atoms with Crippen molar-refractivity contribution in [3.63, 3.8) is 0 Å². The summed E-state index contributed by atoms with van der Waals surface area (Å²) < 4.78 is 5.49. The molecule has 0 fully saturated rings. The van der Waals surface area contributed by atoms with Crippen LogP contribution in [-0.4, -0.2) is 35.4 Å². The Kier molecular flexibility index (Phi) is 4.92. The lowest BCUT2D eigenvalue weighted by Gasteiger charge is -2.17. The van der Waals surface area contributed by atoms with Crippen molar-refractivity contribution in [3.05, 3.63) is 23.4 Å². The Morgan fingerprint density at radius 3 is 3.10 bits per heavy atom. The molecule has 1 aliphatic carbocycles. The number of nitrogens with one attached hydrogen (secondary N) is 1. The van der Waals surface area contributed by atoms with Crippen LogP contribution in [0.3, 0.4) is 0 Å². The molecule has 1 heterocycles. The monoisotopic (exact) mass is 277 g/mol. The molecule has 0 amide bonds. The van der Waals surface area contributed by atoms with Gasteiger partial charge in [-0.2, -0.15) is 5.10 Å². The van der Waals surface area contributed by atoms with E-state index >= 15 is 0 Å². The third-order valence-corrected chi connectivity index (χ3v) is 3.12. The van der Waals surface area contributed by atoms with Crippen LogP contribution >= 0.6 is 0 Å². The van der Waals surface area contributed by atoms with Crippen LogP contribution in [0.15, 0.2) is 17.2 Å². The zero-order valence-corrected chi connectivity index (χ0v) is 11.6. The van der Waals surface area contributed by atoms with Gasteiger partial charge in [-0.05, 0) is 31.7 Å². The first-order chi connectivity index (χ1) is 9.70. The summed E-state index contributed by atoms with van der Waals surface area (Å²) >= 11 is 0. The highest BCUT2D eigenvalue weighted by molar-refractivity contribution is 6.02. The fraction of sp³-hybridized carbons (Fsp3) is 0.500. The van der Waals surface area contributed by atoms with E-state index in [9.17, 15) is 4.79 Å². The predicted molar refractivity (Wildman–Crippen MR) is 75.1 cm³/mol.